The topological polar surface area (TPSA) is 0 Å². The molecule has 0 aliphatic heterocycles. The van der Waals surface area contributed by atoms with Crippen LogP contribution in [0.5, 0.6) is 0 Å². The van der Waals surface area contributed by atoms with Crippen molar-refractivity contribution in [2.24, 2.45) is 46.3 Å². The van der Waals surface area contributed by atoms with Gasteiger partial charge in [0.2, 0.25) is 0 Å². The molecule has 0 aromatic heterocycles. The van der Waals surface area contributed by atoms with Gasteiger partial charge in [0.15, 0.2) is 0 Å². The molecule has 128 valence electrons. The molecule has 0 aromatic rings. The van der Waals surface area contributed by atoms with Gasteiger partial charge < -0.3 is 0 Å². The minimum Gasteiger partial charge on any atom is -0.0660 e. The molecule has 5 aliphatic rings. The Morgan fingerprint density at radius 3 is 2.61 bits per heavy atom. The van der Waals surface area contributed by atoms with Gasteiger partial charge in [0.05, 0.1) is 0 Å². The van der Waals surface area contributed by atoms with Crippen LogP contribution in [-0.2, 0) is 0 Å². The molecule has 5 aliphatic carbocycles. The van der Waals surface area contributed by atoms with Crippen molar-refractivity contribution in [1.29, 1.82) is 0 Å². The predicted molar refractivity (Wildman–Crippen MR) is 97.1 cm³/mol. The van der Waals surface area contributed by atoms with E-state index in [1.807, 2.05) is 11.1 Å². The summed E-state index contributed by atoms with van der Waals surface area (Å²) >= 11 is 0. The van der Waals surface area contributed by atoms with Gasteiger partial charge in [0.1, 0.15) is 0 Å². The molecule has 0 aromatic carbocycles. The highest BCUT2D eigenvalue weighted by molar-refractivity contribution is 5.44. The lowest BCUT2D eigenvalue weighted by atomic mass is 9.43. The molecular formula is C23H36. The Bertz CT molecular complexity index is 556. The van der Waals surface area contributed by atoms with Gasteiger partial charge in [-0.15, -0.1) is 0 Å². The Kier molecular flexibility index (Phi) is 3.05. The van der Waals surface area contributed by atoms with Crippen LogP contribution in [-0.4, -0.2) is 0 Å². The first-order chi connectivity index (χ1) is 11.0. The normalized spacial score (nSPS) is 57.4. The van der Waals surface area contributed by atoms with E-state index < -0.39 is 0 Å². The standard InChI is InChI=1S/C23H36/c1-5-16-7-9-19-17-12-14(2)18-8-6-15-13-21(15)23(18,4)20(17)10-11-22(16,19)3/h14,16-20H,5-13H2,1-4H3/t14-,16-,17-,18?,19-,20-,22+,23-/m0/s1. The average molecular weight is 313 g/mol. The molecule has 0 radical (unpaired) electrons. The molecule has 3 saturated carbocycles. The molecule has 0 spiro atoms. The summed E-state index contributed by atoms with van der Waals surface area (Å²) in [4.78, 5) is 0. The highest BCUT2D eigenvalue weighted by Gasteiger charge is 2.63. The van der Waals surface area contributed by atoms with Crippen LogP contribution in [0.2, 0.25) is 0 Å². The van der Waals surface area contributed by atoms with Gasteiger partial charge in [0, 0.05) is 0 Å². The van der Waals surface area contributed by atoms with Crippen molar-refractivity contribution in [2.75, 3.05) is 0 Å². The molecule has 0 heterocycles. The highest BCUT2D eigenvalue weighted by atomic mass is 14.7. The second kappa shape index (κ2) is 4.67. The van der Waals surface area contributed by atoms with Crippen molar-refractivity contribution in [2.45, 2.75) is 85.5 Å². The summed E-state index contributed by atoms with van der Waals surface area (Å²) in [5.41, 5.74) is 5.15. The molecule has 0 nitrogen and oxygen atoms in total. The van der Waals surface area contributed by atoms with E-state index in [-0.39, 0.29) is 0 Å². The van der Waals surface area contributed by atoms with Crippen molar-refractivity contribution in [1.82, 2.24) is 0 Å². The van der Waals surface area contributed by atoms with E-state index in [1.54, 1.807) is 19.3 Å². The second-order valence-electron chi connectivity index (χ2n) is 10.5. The number of hydrogen-bond acceptors (Lipinski definition) is 0. The second-order valence-corrected chi connectivity index (χ2v) is 10.5. The van der Waals surface area contributed by atoms with Crippen molar-refractivity contribution >= 4 is 0 Å². The Morgan fingerprint density at radius 2 is 1.83 bits per heavy atom. The maximum Gasteiger partial charge on any atom is -0.00485 e. The lowest BCUT2D eigenvalue weighted by Crippen LogP contribution is -2.54. The Labute approximate surface area is 143 Å². The average Bonchev–Trinajstić information content (AvgIpc) is 3.23. The van der Waals surface area contributed by atoms with Crippen LogP contribution in [0.15, 0.2) is 11.1 Å². The van der Waals surface area contributed by atoms with Gasteiger partial charge in [-0.25, -0.2) is 0 Å². The fourth-order valence-electron chi connectivity index (χ4n) is 8.94. The quantitative estimate of drug-likeness (QED) is 0.478. The minimum atomic E-state index is 0.613. The fraction of sp³-hybridized carbons (Fsp3) is 0.913. The van der Waals surface area contributed by atoms with E-state index in [0.29, 0.717) is 10.8 Å². The first-order valence-electron chi connectivity index (χ1n) is 10.7. The van der Waals surface area contributed by atoms with Crippen LogP contribution in [0.25, 0.3) is 0 Å². The summed E-state index contributed by atoms with van der Waals surface area (Å²) in [5, 5.41) is 0. The van der Waals surface area contributed by atoms with Crippen LogP contribution in [0.3, 0.4) is 0 Å². The van der Waals surface area contributed by atoms with Crippen molar-refractivity contribution in [3.05, 3.63) is 11.1 Å². The summed E-state index contributed by atoms with van der Waals surface area (Å²) in [6, 6.07) is 0. The lowest BCUT2D eigenvalue weighted by Gasteiger charge is -2.61. The summed E-state index contributed by atoms with van der Waals surface area (Å²) in [7, 11) is 0. The zero-order valence-corrected chi connectivity index (χ0v) is 15.8. The lowest BCUT2D eigenvalue weighted by molar-refractivity contribution is -0.102. The van der Waals surface area contributed by atoms with Gasteiger partial charge >= 0.3 is 0 Å². The maximum atomic E-state index is 2.72. The van der Waals surface area contributed by atoms with E-state index in [1.165, 1.54) is 38.5 Å². The Balaban J connectivity index is 1.53. The zero-order valence-electron chi connectivity index (χ0n) is 15.8. The molecule has 3 fully saturated rings. The fourth-order valence-corrected chi connectivity index (χ4v) is 8.94. The summed E-state index contributed by atoms with van der Waals surface area (Å²) in [5.74, 6) is 6.14. The first kappa shape index (κ1) is 15.0. The predicted octanol–water partition coefficient (Wildman–Crippen LogP) is 6.61. The van der Waals surface area contributed by atoms with Crippen LogP contribution >= 0.6 is 0 Å². The van der Waals surface area contributed by atoms with Gasteiger partial charge in [-0.2, -0.15) is 0 Å². The van der Waals surface area contributed by atoms with Crippen LogP contribution in [0, 0.1) is 46.3 Å². The highest BCUT2D eigenvalue weighted by Crippen LogP contribution is 2.72. The first-order valence-corrected chi connectivity index (χ1v) is 10.7. The molecule has 0 heteroatoms. The zero-order chi connectivity index (χ0) is 16.0. The van der Waals surface area contributed by atoms with Crippen LogP contribution in [0.1, 0.15) is 85.5 Å². The Morgan fingerprint density at radius 1 is 1.00 bits per heavy atom. The largest absolute Gasteiger partial charge is 0.0660 e. The van der Waals surface area contributed by atoms with E-state index in [9.17, 15) is 0 Å². The molecule has 0 amide bonds. The molecule has 1 unspecified atom stereocenters. The number of fused-ring (bicyclic) bond motifs is 6. The molecule has 0 N–H and O–H groups in total. The number of rotatable bonds is 1. The molecule has 8 atom stereocenters. The SMILES string of the molecule is CC[C@H]1CC[C@H]2[C@@H]3C[C@H](C)C4CCC5=C(C5)[C@]4(C)[C@H]3CC[C@]12C. The van der Waals surface area contributed by atoms with Crippen molar-refractivity contribution in [3.63, 3.8) is 0 Å². The van der Waals surface area contributed by atoms with Gasteiger partial charge in [-0.3, -0.25) is 0 Å². The van der Waals surface area contributed by atoms with E-state index in [4.69, 9.17) is 0 Å². The smallest absolute Gasteiger partial charge is 0.00485 e. The van der Waals surface area contributed by atoms with Gasteiger partial charge in [-0.05, 0) is 97.7 Å². The van der Waals surface area contributed by atoms with E-state index in [2.05, 4.69) is 27.7 Å². The van der Waals surface area contributed by atoms with Gasteiger partial charge in [-0.1, -0.05) is 45.3 Å². The van der Waals surface area contributed by atoms with Crippen LogP contribution < -0.4 is 0 Å². The number of allylic oxidation sites excluding steroid dienone is 2. The van der Waals surface area contributed by atoms with Crippen molar-refractivity contribution in [3.8, 4) is 0 Å². The van der Waals surface area contributed by atoms with Crippen molar-refractivity contribution < 1.29 is 0 Å². The van der Waals surface area contributed by atoms with E-state index in [0.717, 1.165) is 35.5 Å². The third kappa shape index (κ3) is 1.74. The molecule has 23 heavy (non-hydrogen) atoms. The maximum absolute atomic E-state index is 2.72. The molecule has 0 bridgehead atoms. The van der Waals surface area contributed by atoms with Gasteiger partial charge in [0.25, 0.3) is 0 Å². The third-order valence-electron chi connectivity index (χ3n) is 10.1. The molecule has 5 rings (SSSR count). The molecule has 0 saturated heterocycles. The third-order valence-corrected chi connectivity index (χ3v) is 10.1. The number of hydrogen-bond donors (Lipinski definition) is 0. The summed E-state index contributed by atoms with van der Waals surface area (Å²) in [6.45, 7) is 10.5. The molecular weight excluding hydrogens is 276 g/mol. The van der Waals surface area contributed by atoms with Crippen LogP contribution in [0.4, 0.5) is 0 Å². The summed E-state index contributed by atoms with van der Waals surface area (Å²) in [6.07, 6.45) is 13.6. The van der Waals surface area contributed by atoms with E-state index >= 15 is 0 Å². The summed E-state index contributed by atoms with van der Waals surface area (Å²) < 4.78 is 0. The monoisotopic (exact) mass is 312 g/mol. The minimum absolute atomic E-state index is 0.613. The Hall–Kier alpha value is -0.260.